The summed E-state index contributed by atoms with van der Waals surface area (Å²) < 4.78 is 0. The number of amides is 2. The molecule has 2 aliphatic rings. The molecule has 0 spiro atoms. The lowest BCUT2D eigenvalue weighted by atomic mass is 10.1. The van der Waals surface area contributed by atoms with Crippen molar-refractivity contribution in [3.63, 3.8) is 0 Å². The van der Waals surface area contributed by atoms with Crippen LogP contribution in [0.1, 0.15) is 22.8 Å². The predicted molar refractivity (Wildman–Crippen MR) is 76.8 cm³/mol. The summed E-state index contributed by atoms with van der Waals surface area (Å²) in [6.07, 6.45) is 1.03. The van der Waals surface area contributed by atoms with Gasteiger partial charge in [0.1, 0.15) is 0 Å². The molecule has 0 radical (unpaired) electrons. The second kappa shape index (κ2) is 5.15. The number of nitrogens with zero attached hydrogens (tertiary/aromatic N) is 2. The van der Waals surface area contributed by atoms with Gasteiger partial charge in [0, 0.05) is 50.9 Å². The predicted octanol–water partition coefficient (Wildman–Crippen LogP) is 0.959. The number of hydrogen-bond donors (Lipinski definition) is 1. The van der Waals surface area contributed by atoms with Gasteiger partial charge in [0.05, 0.1) is 0 Å². The van der Waals surface area contributed by atoms with Crippen molar-refractivity contribution in [3.8, 4) is 0 Å². The van der Waals surface area contributed by atoms with Gasteiger partial charge < -0.3 is 15.1 Å². The summed E-state index contributed by atoms with van der Waals surface area (Å²) in [7, 11) is 0. The molecule has 106 valence electrons. The van der Waals surface area contributed by atoms with Crippen molar-refractivity contribution in [2.45, 2.75) is 13.3 Å². The minimum Gasteiger partial charge on any atom is -0.384 e. The van der Waals surface area contributed by atoms with Crippen LogP contribution in [-0.2, 0) is 11.2 Å². The smallest absolute Gasteiger partial charge is 0.254 e. The fourth-order valence-electron chi connectivity index (χ4n) is 2.83. The van der Waals surface area contributed by atoms with E-state index in [1.165, 1.54) is 5.56 Å². The summed E-state index contributed by atoms with van der Waals surface area (Å²) in [4.78, 5) is 27.4. The lowest BCUT2D eigenvalue weighted by molar-refractivity contribution is -0.130. The number of rotatable bonds is 1. The van der Waals surface area contributed by atoms with Crippen LogP contribution in [0.5, 0.6) is 0 Å². The monoisotopic (exact) mass is 273 g/mol. The van der Waals surface area contributed by atoms with Crippen LogP contribution in [0.2, 0.25) is 0 Å². The van der Waals surface area contributed by atoms with Crippen LogP contribution in [0.15, 0.2) is 18.2 Å². The van der Waals surface area contributed by atoms with Crippen LogP contribution in [0.25, 0.3) is 0 Å². The highest BCUT2D eigenvalue weighted by molar-refractivity contribution is 5.95. The fourth-order valence-corrected chi connectivity index (χ4v) is 2.83. The number of benzene rings is 1. The molecule has 3 rings (SSSR count). The van der Waals surface area contributed by atoms with Gasteiger partial charge in [-0.05, 0) is 24.1 Å². The van der Waals surface area contributed by atoms with E-state index in [1.54, 1.807) is 11.8 Å². The molecule has 1 aromatic carbocycles. The van der Waals surface area contributed by atoms with Gasteiger partial charge in [0.2, 0.25) is 5.91 Å². The zero-order valence-corrected chi connectivity index (χ0v) is 11.7. The Morgan fingerprint density at radius 3 is 2.50 bits per heavy atom. The molecule has 0 saturated carbocycles. The topological polar surface area (TPSA) is 52.7 Å². The van der Waals surface area contributed by atoms with Gasteiger partial charge in [-0.15, -0.1) is 0 Å². The van der Waals surface area contributed by atoms with Gasteiger partial charge >= 0.3 is 0 Å². The van der Waals surface area contributed by atoms with Gasteiger partial charge in [-0.1, -0.05) is 6.07 Å². The summed E-state index contributed by atoms with van der Waals surface area (Å²) in [5.41, 5.74) is 3.09. The van der Waals surface area contributed by atoms with E-state index in [0.717, 1.165) is 24.2 Å². The molecule has 5 nitrogen and oxygen atoms in total. The maximum atomic E-state index is 12.5. The van der Waals surface area contributed by atoms with Crippen molar-refractivity contribution in [2.75, 3.05) is 38.0 Å². The second-order valence-corrected chi connectivity index (χ2v) is 5.35. The van der Waals surface area contributed by atoms with Crippen molar-refractivity contribution in [3.05, 3.63) is 29.3 Å². The molecular weight excluding hydrogens is 254 g/mol. The van der Waals surface area contributed by atoms with E-state index < -0.39 is 0 Å². The first-order valence-corrected chi connectivity index (χ1v) is 7.07. The number of fused-ring (bicyclic) bond motifs is 1. The molecule has 0 aromatic heterocycles. The fraction of sp³-hybridized carbons (Fsp3) is 0.467. The largest absolute Gasteiger partial charge is 0.384 e. The Labute approximate surface area is 118 Å². The molecule has 2 amide bonds. The quantitative estimate of drug-likeness (QED) is 0.829. The van der Waals surface area contributed by atoms with E-state index in [4.69, 9.17) is 0 Å². The molecular formula is C15H19N3O2. The van der Waals surface area contributed by atoms with E-state index in [1.807, 2.05) is 23.1 Å². The average molecular weight is 273 g/mol. The molecule has 0 bridgehead atoms. The number of carbonyl (C=O) groups excluding carboxylic acids is 2. The molecule has 2 heterocycles. The zero-order chi connectivity index (χ0) is 14.1. The van der Waals surface area contributed by atoms with Crippen molar-refractivity contribution < 1.29 is 9.59 Å². The van der Waals surface area contributed by atoms with Crippen molar-refractivity contribution in [1.29, 1.82) is 0 Å². The van der Waals surface area contributed by atoms with Crippen molar-refractivity contribution in [1.82, 2.24) is 9.80 Å². The summed E-state index contributed by atoms with van der Waals surface area (Å²) >= 11 is 0. The molecule has 1 saturated heterocycles. The van der Waals surface area contributed by atoms with E-state index in [9.17, 15) is 9.59 Å². The van der Waals surface area contributed by atoms with Crippen molar-refractivity contribution in [2.24, 2.45) is 0 Å². The highest BCUT2D eigenvalue weighted by atomic mass is 16.2. The third-order valence-corrected chi connectivity index (χ3v) is 4.08. The van der Waals surface area contributed by atoms with Gasteiger partial charge in [-0.3, -0.25) is 9.59 Å². The SMILES string of the molecule is CC(=O)N1CCN(C(=O)c2ccc3c(c2)NCC3)CC1. The molecule has 0 unspecified atom stereocenters. The Balaban J connectivity index is 1.69. The third kappa shape index (κ3) is 2.35. The molecule has 5 heteroatoms. The van der Waals surface area contributed by atoms with E-state index in [0.29, 0.717) is 26.2 Å². The Hall–Kier alpha value is -2.04. The Morgan fingerprint density at radius 2 is 1.80 bits per heavy atom. The van der Waals surface area contributed by atoms with Gasteiger partial charge in [-0.25, -0.2) is 0 Å². The zero-order valence-electron chi connectivity index (χ0n) is 11.7. The van der Waals surface area contributed by atoms with E-state index >= 15 is 0 Å². The standard InChI is InChI=1S/C15H19N3O2/c1-11(19)17-6-8-18(9-7-17)15(20)13-3-2-12-4-5-16-14(12)10-13/h2-3,10,16H,4-9H2,1H3. The van der Waals surface area contributed by atoms with Gasteiger partial charge in [-0.2, -0.15) is 0 Å². The number of nitrogens with one attached hydrogen (secondary N) is 1. The first-order valence-electron chi connectivity index (χ1n) is 7.07. The van der Waals surface area contributed by atoms with Crippen LogP contribution in [0.4, 0.5) is 5.69 Å². The maximum Gasteiger partial charge on any atom is 0.254 e. The second-order valence-electron chi connectivity index (χ2n) is 5.35. The van der Waals surface area contributed by atoms with Crippen LogP contribution in [0, 0.1) is 0 Å². The molecule has 1 aromatic rings. The molecule has 0 atom stereocenters. The Morgan fingerprint density at radius 1 is 1.10 bits per heavy atom. The normalized spacial score (nSPS) is 17.6. The summed E-state index contributed by atoms with van der Waals surface area (Å²) in [5, 5.41) is 3.30. The van der Waals surface area contributed by atoms with Gasteiger partial charge in [0.25, 0.3) is 5.91 Å². The highest BCUT2D eigenvalue weighted by Gasteiger charge is 2.24. The summed E-state index contributed by atoms with van der Waals surface area (Å²) in [6.45, 7) is 5.01. The minimum absolute atomic E-state index is 0.0599. The van der Waals surface area contributed by atoms with Gasteiger partial charge in [0.15, 0.2) is 0 Å². The molecule has 2 aliphatic heterocycles. The first-order chi connectivity index (χ1) is 9.65. The van der Waals surface area contributed by atoms with Crippen LogP contribution >= 0.6 is 0 Å². The maximum absolute atomic E-state index is 12.5. The average Bonchev–Trinajstić information content (AvgIpc) is 2.94. The lowest BCUT2D eigenvalue weighted by Gasteiger charge is -2.34. The Kier molecular flexibility index (Phi) is 3.34. The van der Waals surface area contributed by atoms with E-state index in [2.05, 4.69) is 5.32 Å². The molecule has 1 N–H and O–H groups in total. The first kappa shape index (κ1) is 13.0. The van der Waals surface area contributed by atoms with E-state index in [-0.39, 0.29) is 11.8 Å². The lowest BCUT2D eigenvalue weighted by Crippen LogP contribution is -2.50. The highest BCUT2D eigenvalue weighted by Crippen LogP contribution is 2.24. The number of hydrogen-bond acceptors (Lipinski definition) is 3. The number of carbonyl (C=O) groups is 2. The third-order valence-electron chi connectivity index (χ3n) is 4.08. The molecule has 0 aliphatic carbocycles. The summed E-state index contributed by atoms with van der Waals surface area (Å²) in [6, 6.07) is 5.89. The van der Waals surface area contributed by atoms with Crippen LogP contribution < -0.4 is 5.32 Å². The minimum atomic E-state index is 0.0599. The van der Waals surface area contributed by atoms with Crippen molar-refractivity contribution >= 4 is 17.5 Å². The van der Waals surface area contributed by atoms with Crippen LogP contribution in [0.3, 0.4) is 0 Å². The number of piperazine rings is 1. The Bertz CT molecular complexity index is 548. The molecule has 20 heavy (non-hydrogen) atoms. The van der Waals surface area contributed by atoms with Crippen LogP contribution in [-0.4, -0.2) is 54.3 Å². The summed E-state index contributed by atoms with van der Waals surface area (Å²) in [5.74, 6) is 0.142. The molecule has 1 fully saturated rings. The number of anilines is 1.